The largest absolute Gasteiger partial charge is 0.477 e. The second kappa shape index (κ2) is 2.46. The maximum Gasteiger partial charge on any atom is 0.352 e. The molecule has 0 amide bonds. The first-order chi connectivity index (χ1) is 5.16. The number of rotatable bonds is 1. The zero-order valence-corrected chi connectivity index (χ0v) is 5.90. The zero-order chi connectivity index (χ0) is 8.43. The highest BCUT2D eigenvalue weighted by Crippen LogP contribution is 2.04. The van der Waals surface area contributed by atoms with Crippen molar-refractivity contribution in [1.82, 2.24) is 4.57 Å². The fourth-order valence-corrected chi connectivity index (χ4v) is 0.838. The molecule has 0 spiro atoms. The molecule has 56 valence electrons. The van der Waals surface area contributed by atoms with Crippen LogP contribution in [-0.2, 0) is 7.05 Å². The van der Waals surface area contributed by atoms with Crippen molar-refractivity contribution >= 4 is 5.97 Å². The zero-order valence-electron chi connectivity index (χ0n) is 5.90. The normalized spacial score (nSPS) is 9.09. The van der Waals surface area contributed by atoms with Gasteiger partial charge in [-0.3, -0.25) is 0 Å². The summed E-state index contributed by atoms with van der Waals surface area (Å²) < 4.78 is 1.34. The van der Waals surface area contributed by atoms with Crippen LogP contribution in [0.1, 0.15) is 16.2 Å². The standard InChI is InChI=1S/C7H6N2O2/c1-9-5(4-8)2-3-6(9)7(10)11/h2-3H,1H3,(H,10,11). The molecule has 0 saturated heterocycles. The fourth-order valence-electron chi connectivity index (χ4n) is 0.838. The predicted octanol–water partition coefficient (Wildman–Crippen LogP) is 0.595. The van der Waals surface area contributed by atoms with E-state index in [0.717, 1.165) is 0 Å². The third-order valence-corrected chi connectivity index (χ3v) is 1.46. The van der Waals surface area contributed by atoms with Crippen LogP contribution in [0, 0.1) is 11.3 Å². The number of hydrogen-bond acceptors (Lipinski definition) is 2. The maximum absolute atomic E-state index is 10.4. The number of carboxylic acids is 1. The van der Waals surface area contributed by atoms with Gasteiger partial charge in [0.25, 0.3) is 0 Å². The number of aromatic nitrogens is 1. The Balaban J connectivity index is 3.24. The highest BCUT2D eigenvalue weighted by molar-refractivity contribution is 5.86. The SMILES string of the molecule is Cn1c(C#N)ccc1C(=O)O. The van der Waals surface area contributed by atoms with E-state index in [9.17, 15) is 4.79 Å². The van der Waals surface area contributed by atoms with Gasteiger partial charge in [0.2, 0.25) is 0 Å². The summed E-state index contributed by atoms with van der Waals surface area (Å²) in [5.74, 6) is -1.02. The van der Waals surface area contributed by atoms with E-state index in [1.54, 1.807) is 7.05 Å². The Labute approximate surface area is 63.3 Å². The highest BCUT2D eigenvalue weighted by atomic mass is 16.4. The van der Waals surface area contributed by atoms with Crippen molar-refractivity contribution < 1.29 is 9.90 Å². The van der Waals surface area contributed by atoms with E-state index < -0.39 is 5.97 Å². The van der Waals surface area contributed by atoms with E-state index >= 15 is 0 Å². The van der Waals surface area contributed by atoms with Gasteiger partial charge in [0, 0.05) is 7.05 Å². The molecule has 1 aromatic rings. The quantitative estimate of drug-likeness (QED) is 0.637. The Morgan fingerprint density at radius 2 is 2.36 bits per heavy atom. The van der Waals surface area contributed by atoms with Gasteiger partial charge in [-0.25, -0.2) is 4.79 Å². The van der Waals surface area contributed by atoms with Crippen LogP contribution in [0.4, 0.5) is 0 Å². The Morgan fingerprint density at radius 1 is 1.73 bits per heavy atom. The summed E-state index contributed by atoms with van der Waals surface area (Å²) in [7, 11) is 1.54. The molecule has 0 atom stereocenters. The van der Waals surface area contributed by atoms with Gasteiger partial charge in [-0.1, -0.05) is 0 Å². The predicted molar refractivity (Wildman–Crippen MR) is 37.1 cm³/mol. The molecule has 0 unspecified atom stereocenters. The summed E-state index contributed by atoms with van der Waals surface area (Å²) in [5.41, 5.74) is 0.476. The minimum absolute atomic E-state index is 0.126. The summed E-state index contributed by atoms with van der Waals surface area (Å²) in [6.45, 7) is 0. The molecule has 1 aromatic heterocycles. The molecule has 0 aliphatic carbocycles. The van der Waals surface area contributed by atoms with Crippen LogP contribution in [0.2, 0.25) is 0 Å². The lowest BCUT2D eigenvalue weighted by Gasteiger charge is -1.96. The Kier molecular flexibility index (Phi) is 1.65. The number of aromatic carboxylic acids is 1. The Morgan fingerprint density at radius 3 is 2.64 bits per heavy atom. The van der Waals surface area contributed by atoms with Crippen LogP contribution in [-0.4, -0.2) is 15.6 Å². The molecule has 0 radical (unpaired) electrons. The van der Waals surface area contributed by atoms with Crippen LogP contribution in [0.25, 0.3) is 0 Å². The van der Waals surface area contributed by atoms with Crippen LogP contribution in [0.3, 0.4) is 0 Å². The van der Waals surface area contributed by atoms with Gasteiger partial charge in [0.1, 0.15) is 17.5 Å². The van der Waals surface area contributed by atoms with E-state index in [2.05, 4.69) is 0 Å². The molecule has 1 heterocycles. The Hall–Kier alpha value is -1.76. The maximum atomic E-state index is 10.4. The molecule has 4 heteroatoms. The first-order valence-corrected chi connectivity index (χ1v) is 2.96. The molecule has 0 aromatic carbocycles. The summed E-state index contributed by atoms with van der Waals surface area (Å²) in [5, 5.41) is 17.0. The smallest absolute Gasteiger partial charge is 0.352 e. The molecule has 0 fully saturated rings. The van der Waals surface area contributed by atoms with Crippen molar-refractivity contribution in [1.29, 1.82) is 5.26 Å². The topological polar surface area (TPSA) is 66.0 Å². The van der Waals surface area contributed by atoms with Crippen LogP contribution >= 0.6 is 0 Å². The van der Waals surface area contributed by atoms with Crippen molar-refractivity contribution in [2.45, 2.75) is 0 Å². The molecule has 0 bridgehead atoms. The van der Waals surface area contributed by atoms with E-state index in [-0.39, 0.29) is 5.69 Å². The minimum Gasteiger partial charge on any atom is -0.477 e. The molecule has 11 heavy (non-hydrogen) atoms. The summed E-state index contributed by atoms with van der Waals surface area (Å²) in [4.78, 5) is 10.4. The van der Waals surface area contributed by atoms with Crippen molar-refractivity contribution in [3.8, 4) is 6.07 Å². The van der Waals surface area contributed by atoms with Crippen molar-refractivity contribution in [2.24, 2.45) is 7.05 Å². The molecular formula is C7H6N2O2. The second-order valence-electron chi connectivity index (χ2n) is 2.08. The first-order valence-electron chi connectivity index (χ1n) is 2.96. The highest BCUT2D eigenvalue weighted by Gasteiger charge is 2.09. The second-order valence-corrected chi connectivity index (χ2v) is 2.08. The van der Waals surface area contributed by atoms with Crippen LogP contribution < -0.4 is 0 Å². The van der Waals surface area contributed by atoms with Crippen molar-refractivity contribution in [3.05, 3.63) is 23.5 Å². The van der Waals surface area contributed by atoms with Crippen LogP contribution in [0.5, 0.6) is 0 Å². The van der Waals surface area contributed by atoms with E-state index in [4.69, 9.17) is 10.4 Å². The van der Waals surface area contributed by atoms with E-state index in [1.165, 1.54) is 16.7 Å². The number of hydrogen-bond donors (Lipinski definition) is 1. The molecule has 1 rings (SSSR count). The van der Waals surface area contributed by atoms with Gasteiger partial charge < -0.3 is 9.67 Å². The van der Waals surface area contributed by atoms with Gasteiger partial charge in [-0.2, -0.15) is 5.26 Å². The third kappa shape index (κ3) is 1.08. The third-order valence-electron chi connectivity index (χ3n) is 1.46. The van der Waals surface area contributed by atoms with Crippen molar-refractivity contribution in [2.75, 3.05) is 0 Å². The summed E-state index contributed by atoms with van der Waals surface area (Å²) in [6, 6.07) is 4.75. The number of carbonyl (C=O) groups is 1. The van der Waals surface area contributed by atoms with Gasteiger partial charge in [-0.15, -0.1) is 0 Å². The number of nitrogens with zero attached hydrogens (tertiary/aromatic N) is 2. The first kappa shape index (κ1) is 7.35. The average molecular weight is 150 g/mol. The monoisotopic (exact) mass is 150 g/mol. The lowest BCUT2D eigenvalue weighted by molar-refractivity contribution is 0.0686. The molecule has 4 nitrogen and oxygen atoms in total. The van der Waals surface area contributed by atoms with E-state index in [1.807, 2.05) is 6.07 Å². The summed E-state index contributed by atoms with van der Waals surface area (Å²) in [6.07, 6.45) is 0. The van der Waals surface area contributed by atoms with Gasteiger partial charge in [0.05, 0.1) is 0 Å². The number of carboxylic acid groups (broad SMARTS) is 1. The molecule has 0 aliphatic heterocycles. The average Bonchev–Trinajstić information content (AvgIpc) is 2.30. The molecular weight excluding hydrogens is 144 g/mol. The Bertz CT molecular complexity index is 333. The molecule has 0 aliphatic rings. The van der Waals surface area contributed by atoms with Gasteiger partial charge in [-0.05, 0) is 12.1 Å². The minimum atomic E-state index is -1.02. The van der Waals surface area contributed by atoms with Crippen LogP contribution in [0.15, 0.2) is 12.1 Å². The van der Waals surface area contributed by atoms with Gasteiger partial charge in [0.15, 0.2) is 0 Å². The van der Waals surface area contributed by atoms with Gasteiger partial charge >= 0.3 is 5.97 Å². The van der Waals surface area contributed by atoms with E-state index in [0.29, 0.717) is 5.69 Å². The lowest BCUT2D eigenvalue weighted by atomic mass is 10.4. The fraction of sp³-hybridized carbons (Fsp3) is 0.143. The van der Waals surface area contributed by atoms with Crippen molar-refractivity contribution in [3.63, 3.8) is 0 Å². The summed E-state index contributed by atoms with van der Waals surface area (Å²) >= 11 is 0. The number of nitriles is 1. The molecule has 0 saturated carbocycles. The molecule has 1 N–H and O–H groups in total. The lowest BCUT2D eigenvalue weighted by Crippen LogP contribution is -2.05.